The number of ether oxygens (including phenoxy) is 1. The van der Waals surface area contributed by atoms with Gasteiger partial charge in [0.05, 0.1) is 17.7 Å². The van der Waals surface area contributed by atoms with Crippen LogP contribution in [0.25, 0.3) is 0 Å². The lowest BCUT2D eigenvalue weighted by molar-refractivity contribution is 0.385. The van der Waals surface area contributed by atoms with Gasteiger partial charge in [0.2, 0.25) is 0 Å². The summed E-state index contributed by atoms with van der Waals surface area (Å²) < 4.78 is 45.4. The minimum Gasteiger partial charge on any atom is -0.494 e. The first-order valence-electron chi connectivity index (χ1n) is 6.27. The Balaban J connectivity index is 2.41. The number of halogens is 1. The molecule has 0 aliphatic carbocycles. The molecule has 0 bridgehead atoms. The van der Waals surface area contributed by atoms with Crippen LogP contribution in [0.2, 0.25) is 0 Å². The third kappa shape index (κ3) is 3.16. The summed E-state index contributed by atoms with van der Waals surface area (Å²) in [5, 5.41) is 0. The molecule has 0 radical (unpaired) electrons. The maximum atomic E-state index is 13.4. The Morgan fingerprint density at radius 2 is 1.86 bits per heavy atom. The van der Waals surface area contributed by atoms with Gasteiger partial charge in [-0.1, -0.05) is 12.1 Å². The molecule has 2 aromatic rings. The van der Waals surface area contributed by atoms with E-state index in [4.69, 9.17) is 4.74 Å². The van der Waals surface area contributed by atoms with Gasteiger partial charge in [0.15, 0.2) is 11.6 Å². The quantitative estimate of drug-likeness (QED) is 0.943. The maximum absolute atomic E-state index is 13.4. The fourth-order valence-corrected chi connectivity index (χ4v) is 3.01. The first-order chi connectivity index (χ1) is 9.85. The molecule has 0 unspecified atom stereocenters. The predicted molar refractivity (Wildman–Crippen MR) is 79.7 cm³/mol. The predicted octanol–water partition coefficient (Wildman–Crippen LogP) is 3.25. The van der Waals surface area contributed by atoms with E-state index in [9.17, 15) is 12.8 Å². The van der Waals surface area contributed by atoms with Crippen LogP contribution >= 0.6 is 0 Å². The molecule has 21 heavy (non-hydrogen) atoms. The number of anilines is 1. The van der Waals surface area contributed by atoms with Gasteiger partial charge in [-0.3, -0.25) is 4.72 Å². The summed E-state index contributed by atoms with van der Waals surface area (Å²) in [5.41, 5.74) is 2.32. The lowest BCUT2D eigenvalue weighted by Gasteiger charge is -2.13. The third-order valence-electron chi connectivity index (χ3n) is 3.28. The molecule has 2 rings (SSSR count). The van der Waals surface area contributed by atoms with Crippen molar-refractivity contribution < 1.29 is 17.5 Å². The highest BCUT2D eigenvalue weighted by Gasteiger charge is 2.18. The van der Waals surface area contributed by atoms with E-state index in [0.717, 1.165) is 23.3 Å². The van der Waals surface area contributed by atoms with Crippen molar-refractivity contribution >= 4 is 15.7 Å². The maximum Gasteiger partial charge on any atom is 0.262 e. The van der Waals surface area contributed by atoms with Crippen molar-refractivity contribution in [3.63, 3.8) is 0 Å². The SMILES string of the molecule is COc1cc(S(=O)(=O)Nc2cccc(C)c2C)ccc1F. The molecule has 0 saturated heterocycles. The van der Waals surface area contributed by atoms with Crippen molar-refractivity contribution in [1.29, 1.82) is 0 Å². The van der Waals surface area contributed by atoms with Crippen LogP contribution in [0.1, 0.15) is 11.1 Å². The van der Waals surface area contributed by atoms with Gasteiger partial charge >= 0.3 is 0 Å². The van der Waals surface area contributed by atoms with Crippen molar-refractivity contribution in [1.82, 2.24) is 0 Å². The first-order valence-corrected chi connectivity index (χ1v) is 7.76. The van der Waals surface area contributed by atoms with Crippen LogP contribution in [0.15, 0.2) is 41.3 Å². The fourth-order valence-electron chi connectivity index (χ4n) is 1.87. The molecule has 0 aliphatic heterocycles. The smallest absolute Gasteiger partial charge is 0.262 e. The Hall–Kier alpha value is -2.08. The van der Waals surface area contributed by atoms with Crippen LogP contribution < -0.4 is 9.46 Å². The zero-order valence-electron chi connectivity index (χ0n) is 12.0. The monoisotopic (exact) mass is 309 g/mol. The molecule has 1 N–H and O–H groups in total. The van der Waals surface area contributed by atoms with E-state index in [0.29, 0.717) is 5.69 Å². The van der Waals surface area contributed by atoms with E-state index in [1.807, 2.05) is 19.9 Å². The summed E-state index contributed by atoms with van der Waals surface area (Å²) in [6.45, 7) is 3.73. The molecular weight excluding hydrogens is 293 g/mol. The van der Waals surface area contributed by atoms with Crippen LogP contribution in [-0.2, 0) is 10.0 Å². The lowest BCUT2D eigenvalue weighted by Crippen LogP contribution is -2.14. The molecule has 4 nitrogen and oxygen atoms in total. The largest absolute Gasteiger partial charge is 0.494 e. The molecule has 0 aromatic heterocycles. The molecule has 0 amide bonds. The number of methoxy groups -OCH3 is 1. The van der Waals surface area contributed by atoms with Gasteiger partial charge in [0.25, 0.3) is 10.0 Å². The molecule has 0 spiro atoms. The third-order valence-corrected chi connectivity index (χ3v) is 4.65. The van der Waals surface area contributed by atoms with Crippen molar-refractivity contribution in [2.24, 2.45) is 0 Å². The van der Waals surface area contributed by atoms with Gasteiger partial charge in [-0.2, -0.15) is 0 Å². The summed E-state index contributed by atoms with van der Waals surface area (Å²) in [4.78, 5) is -0.0540. The molecule has 2 aromatic carbocycles. The van der Waals surface area contributed by atoms with Crippen LogP contribution in [0.5, 0.6) is 5.75 Å². The highest BCUT2D eigenvalue weighted by Crippen LogP contribution is 2.25. The van der Waals surface area contributed by atoms with Gasteiger partial charge in [0.1, 0.15) is 0 Å². The minimum atomic E-state index is -3.80. The Bertz CT molecular complexity index is 772. The highest BCUT2D eigenvalue weighted by molar-refractivity contribution is 7.92. The van der Waals surface area contributed by atoms with Crippen molar-refractivity contribution in [2.75, 3.05) is 11.8 Å². The Morgan fingerprint density at radius 1 is 1.14 bits per heavy atom. The average Bonchev–Trinajstić information content (AvgIpc) is 2.44. The van der Waals surface area contributed by atoms with Crippen molar-refractivity contribution in [3.8, 4) is 5.75 Å². The minimum absolute atomic E-state index is 0.0540. The van der Waals surface area contributed by atoms with Gasteiger partial charge in [-0.15, -0.1) is 0 Å². The number of nitrogens with one attached hydrogen (secondary N) is 1. The van der Waals surface area contributed by atoms with Crippen LogP contribution in [0.3, 0.4) is 0 Å². The summed E-state index contributed by atoms with van der Waals surface area (Å²) in [7, 11) is -2.51. The number of benzene rings is 2. The summed E-state index contributed by atoms with van der Waals surface area (Å²) in [6.07, 6.45) is 0. The molecule has 0 aliphatic rings. The lowest BCUT2D eigenvalue weighted by atomic mass is 10.1. The van der Waals surface area contributed by atoms with E-state index in [2.05, 4.69) is 4.72 Å². The van der Waals surface area contributed by atoms with Crippen molar-refractivity contribution in [2.45, 2.75) is 18.7 Å². The van der Waals surface area contributed by atoms with E-state index in [-0.39, 0.29) is 10.6 Å². The number of sulfonamides is 1. The molecule has 0 heterocycles. The van der Waals surface area contributed by atoms with Crippen LogP contribution in [0, 0.1) is 19.7 Å². The van der Waals surface area contributed by atoms with E-state index in [1.54, 1.807) is 12.1 Å². The molecule has 0 saturated carbocycles. The van der Waals surface area contributed by atoms with Crippen LogP contribution in [-0.4, -0.2) is 15.5 Å². The Morgan fingerprint density at radius 3 is 2.52 bits per heavy atom. The topological polar surface area (TPSA) is 55.4 Å². The van der Waals surface area contributed by atoms with Crippen LogP contribution in [0.4, 0.5) is 10.1 Å². The van der Waals surface area contributed by atoms with Gasteiger partial charge in [-0.05, 0) is 43.2 Å². The van der Waals surface area contributed by atoms with E-state index < -0.39 is 15.8 Å². The molecule has 6 heteroatoms. The van der Waals surface area contributed by atoms with Gasteiger partial charge in [-0.25, -0.2) is 12.8 Å². The Kier molecular flexibility index (Phi) is 4.18. The zero-order valence-corrected chi connectivity index (χ0v) is 12.8. The second-order valence-corrected chi connectivity index (χ2v) is 6.33. The molecule has 112 valence electrons. The number of rotatable bonds is 4. The zero-order chi connectivity index (χ0) is 15.6. The van der Waals surface area contributed by atoms with E-state index >= 15 is 0 Å². The normalized spacial score (nSPS) is 11.2. The fraction of sp³-hybridized carbons (Fsp3) is 0.200. The Labute approximate surface area is 123 Å². The number of aryl methyl sites for hydroxylation is 1. The summed E-state index contributed by atoms with van der Waals surface area (Å²) in [6, 6.07) is 8.77. The molecular formula is C15H16FNO3S. The van der Waals surface area contributed by atoms with Gasteiger partial charge in [0, 0.05) is 6.07 Å². The second kappa shape index (κ2) is 5.73. The second-order valence-electron chi connectivity index (χ2n) is 4.65. The average molecular weight is 309 g/mol. The molecule has 0 atom stereocenters. The van der Waals surface area contributed by atoms with Gasteiger partial charge < -0.3 is 4.74 Å². The molecule has 0 fully saturated rings. The van der Waals surface area contributed by atoms with Crippen molar-refractivity contribution in [3.05, 3.63) is 53.3 Å². The number of hydrogen-bond acceptors (Lipinski definition) is 3. The standard InChI is InChI=1S/C15H16FNO3S/c1-10-5-4-6-14(11(10)2)17-21(18,19)12-7-8-13(16)15(9-12)20-3/h4-9,17H,1-3H3. The number of hydrogen-bond donors (Lipinski definition) is 1. The first kappa shape index (κ1) is 15.3. The summed E-state index contributed by atoms with van der Waals surface area (Å²) in [5.74, 6) is -0.720. The summed E-state index contributed by atoms with van der Waals surface area (Å²) >= 11 is 0. The van der Waals surface area contributed by atoms with E-state index in [1.165, 1.54) is 13.2 Å². The highest BCUT2D eigenvalue weighted by atomic mass is 32.2.